The van der Waals surface area contributed by atoms with Crippen molar-refractivity contribution in [3.63, 3.8) is 0 Å². The van der Waals surface area contributed by atoms with E-state index in [9.17, 15) is 4.79 Å². The fourth-order valence-electron chi connectivity index (χ4n) is 5.31. The minimum atomic E-state index is -1.34. The Balaban J connectivity index is 1.53. The highest BCUT2D eigenvalue weighted by molar-refractivity contribution is 9.10. The van der Waals surface area contributed by atoms with Gasteiger partial charge in [0, 0.05) is 41.6 Å². The zero-order chi connectivity index (χ0) is 32.4. The van der Waals surface area contributed by atoms with Gasteiger partial charge in [-0.1, -0.05) is 82.7 Å². The first-order valence-corrected chi connectivity index (χ1v) is 15.8. The van der Waals surface area contributed by atoms with Gasteiger partial charge in [-0.05, 0) is 53.6 Å². The number of para-hydroxylation sites is 1. The van der Waals surface area contributed by atoms with Crippen molar-refractivity contribution < 1.29 is 28.8 Å². The Bertz CT molecular complexity index is 1660. The van der Waals surface area contributed by atoms with E-state index in [0.29, 0.717) is 41.7 Å². The molecule has 0 aliphatic carbocycles. The quantitative estimate of drug-likeness (QED) is 0.140. The Morgan fingerprint density at radius 2 is 1.74 bits per heavy atom. The van der Waals surface area contributed by atoms with Gasteiger partial charge in [0.05, 0.1) is 20.8 Å². The predicted molar refractivity (Wildman–Crippen MR) is 182 cm³/mol. The predicted octanol–water partition coefficient (Wildman–Crippen LogP) is 6.90. The van der Waals surface area contributed by atoms with Crippen molar-refractivity contribution >= 4 is 33.8 Å². The Morgan fingerprint density at radius 1 is 0.978 bits per heavy atom. The Kier molecular flexibility index (Phi) is 11.1. The number of nitrogens with zero attached hydrogens (tertiary/aromatic N) is 1. The van der Waals surface area contributed by atoms with Crippen LogP contribution in [0, 0.1) is 0 Å². The normalized spacial score (nSPS) is 17.3. The molecule has 0 aromatic heterocycles. The molecule has 0 radical (unpaired) electrons. The molecule has 8 nitrogen and oxygen atoms in total. The van der Waals surface area contributed by atoms with Gasteiger partial charge in [-0.3, -0.25) is 4.79 Å². The lowest BCUT2D eigenvalue weighted by Crippen LogP contribution is -2.47. The molecule has 5 rings (SSSR count). The van der Waals surface area contributed by atoms with Gasteiger partial charge in [-0.25, -0.2) is 4.99 Å². The fraction of sp³-hybridized carbons (Fsp3) is 0.243. The molecule has 4 aromatic rings. The van der Waals surface area contributed by atoms with Crippen LogP contribution in [0.15, 0.2) is 113 Å². The van der Waals surface area contributed by atoms with E-state index in [1.807, 2.05) is 109 Å². The van der Waals surface area contributed by atoms with E-state index in [1.54, 1.807) is 14.2 Å². The highest BCUT2D eigenvalue weighted by atomic mass is 79.9. The minimum Gasteiger partial charge on any atom is -0.494 e. The molecule has 238 valence electrons. The van der Waals surface area contributed by atoms with Crippen LogP contribution in [0.25, 0.3) is 6.08 Å². The number of aliphatic imine (C=N–C) groups is 1. The largest absolute Gasteiger partial charge is 0.494 e. The van der Waals surface area contributed by atoms with Crippen LogP contribution in [0.4, 0.5) is 0 Å². The minimum absolute atomic E-state index is 0.0631. The lowest BCUT2D eigenvalue weighted by atomic mass is 9.84. The van der Waals surface area contributed by atoms with Crippen LogP contribution in [0.3, 0.4) is 0 Å². The third kappa shape index (κ3) is 7.61. The van der Waals surface area contributed by atoms with Crippen LogP contribution < -0.4 is 19.5 Å². The molecule has 1 heterocycles. The van der Waals surface area contributed by atoms with Crippen molar-refractivity contribution in [3.8, 4) is 17.2 Å². The van der Waals surface area contributed by atoms with Gasteiger partial charge < -0.3 is 29.4 Å². The number of hydrogen-bond acceptors (Lipinski definition) is 7. The average molecular weight is 686 g/mol. The highest BCUT2D eigenvalue weighted by Gasteiger charge is 2.52. The molecule has 9 heteroatoms. The monoisotopic (exact) mass is 684 g/mol. The van der Waals surface area contributed by atoms with E-state index in [4.69, 9.17) is 29.0 Å². The van der Waals surface area contributed by atoms with Gasteiger partial charge in [-0.2, -0.15) is 0 Å². The second kappa shape index (κ2) is 15.6. The second-order valence-electron chi connectivity index (χ2n) is 10.7. The van der Waals surface area contributed by atoms with Crippen molar-refractivity contribution in [2.75, 3.05) is 27.4 Å². The first-order chi connectivity index (χ1) is 22.5. The molecule has 0 spiro atoms. The topological polar surface area (TPSA) is 98.6 Å². The zero-order valence-corrected chi connectivity index (χ0v) is 27.4. The molecule has 1 aliphatic rings. The van der Waals surface area contributed by atoms with E-state index in [2.05, 4.69) is 21.2 Å². The van der Waals surface area contributed by atoms with Crippen LogP contribution in [0.5, 0.6) is 17.2 Å². The standard InChI is InChI=1S/C37H37BrN2O6/c1-43-32-13-6-12-29(33(32)44-2)25-39-36(42)37(22-7-11-26-9-4-3-5-10-26)34(27-14-18-30(38)19-15-27)46-35(40-37)28-16-20-31(21-17-28)45-24-8-23-41/h3-7,9-21,34,41H,8,22-25H2,1-2H3,(H,39,42)/b11-7+/t34-,37-/m1/s1. The summed E-state index contributed by atoms with van der Waals surface area (Å²) in [6, 6.07) is 30.6. The fourth-order valence-corrected chi connectivity index (χ4v) is 5.58. The van der Waals surface area contributed by atoms with Crippen molar-refractivity contribution in [1.29, 1.82) is 0 Å². The van der Waals surface area contributed by atoms with Crippen LogP contribution in [0.2, 0.25) is 0 Å². The average Bonchev–Trinajstić information content (AvgIpc) is 3.48. The summed E-state index contributed by atoms with van der Waals surface area (Å²) in [6.45, 7) is 0.669. The number of ether oxygens (including phenoxy) is 4. The molecular formula is C37H37BrN2O6. The highest BCUT2D eigenvalue weighted by Crippen LogP contribution is 2.43. The van der Waals surface area contributed by atoms with Gasteiger partial charge in [0.1, 0.15) is 5.75 Å². The Labute approximate surface area is 277 Å². The molecule has 46 heavy (non-hydrogen) atoms. The third-order valence-electron chi connectivity index (χ3n) is 7.67. The van der Waals surface area contributed by atoms with Crippen LogP contribution in [-0.2, 0) is 16.1 Å². The molecule has 0 bridgehead atoms. The number of methoxy groups -OCH3 is 2. The lowest BCUT2D eigenvalue weighted by Gasteiger charge is -2.30. The third-order valence-corrected chi connectivity index (χ3v) is 8.19. The number of hydrogen-bond donors (Lipinski definition) is 2. The van der Waals surface area contributed by atoms with Crippen LogP contribution in [0.1, 0.15) is 41.2 Å². The van der Waals surface area contributed by atoms with Gasteiger partial charge >= 0.3 is 0 Å². The summed E-state index contributed by atoms with van der Waals surface area (Å²) < 4.78 is 24.3. The molecule has 0 fully saturated rings. The van der Waals surface area contributed by atoms with E-state index < -0.39 is 11.6 Å². The molecule has 0 saturated heterocycles. The molecule has 0 saturated carbocycles. The van der Waals surface area contributed by atoms with E-state index in [0.717, 1.165) is 21.2 Å². The Morgan fingerprint density at radius 3 is 2.43 bits per heavy atom. The second-order valence-corrected chi connectivity index (χ2v) is 11.6. The molecule has 0 unspecified atom stereocenters. The molecule has 4 aromatic carbocycles. The molecule has 1 amide bonds. The maximum atomic E-state index is 14.5. The summed E-state index contributed by atoms with van der Waals surface area (Å²) in [7, 11) is 3.16. The number of carbonyl (C=O) groups excluding carboxylic acids is 1. The van der Waals surface area contributed by atoms with Crippen molar-refractivity contribution in [2.24, 2.45) is 4.99 Å². The number of halogens is 1. The molecule has 1 aliphatic heterocycles. The first kappa shape index (κ1) is 32.8. The van der Waals surface area contributed by atoms with E-state index in [-0.39, 0.29) is 25.5 Å². The Hall–Kier alpha value is -4.60. The number of nitrogens with one attached hydrogen (secondary N) is 1. The van der Waals surface area contributed by atoms with Gasteiger partial charge in [0.25, 0.3) is 5.91 Å². The van der Waals surface area contributed by atoms with Gasteiger partial charge in [0.2, 0.25) is 5.90 Å². The maximum absolute atomic E-state index is 14.5. The number of aliphatic hydroxyl groups is 1. The summed E-state index contributed by atoms with van der Waals surface area (Å²) >= 11 is 3.53. The molecule has 2 atom stereocenters. The SMILES string of the molecule is COc1cccc(CNC(=O)[C@]2(C/C=C/c3ccccc3)N=C(c3ccc(OCCCO)cc3)O[C@@H]2c2ccc(Br)cc2)c1OC. The zero-order valence-electron chi connectivity index (χ0n) is 25.8. The number of benzene rings is 4. The number of carbonyl (C=O) groups is 1. The molecular weight excluding hydrogens is 648 g/mol. The van der Waals surface area contributed by atoms with Gasteiger partial charge in [-0.15, -0.1) is 0 Å². The van der Waals surface area contributed by atoms with E-state index in [1.165, 1.54) is 0 Å². The number of amides is 1. The van der Waals surface area contributed by atoms with Crippen molar-refractivity contribution in [1.82, 2.24) is 5.32 Å². The number of aliphatic hydroxyl groups excluding tert-OH is 1. The smallest absolute Gasteiger partial charge is 0.252 e. The lowest BCUT2D eigenvalue weighted by molar-refractivity contribution is -0.129. The molecule has 2 N–H and O–H groups in total. The summed E-state index contributed by atoms with van der Waals surface area (Å²) in [4.78, 5) is 19.6. The van der Waals surface area contributed by atoms with Crippen LogP contribution >= 0.6 is 15.9 Å². The van der Waals surface area contributed by atoms with Crippen molar-refractivity contribution in [2.45, 2.75) is 31.0 Å². The number of rotatable bonds is 14. The van der Waals surface area contributed by atoms with Gasteiger partial charge in [0.15, 0.2) is 23.1 Å². The van der Waals surface area contributed by atoms with E-state index >= 15 is 0 Å². The van der Waals surface area contributed by atoms with Crippen molar-refractivity contribution in [3.05, 3.63) is 130 Å². The summed E-state index contributed by atoms with van der Waals surface area (Å²) in [5, 5.41) is 12.2. The van der Waals surface area contributed by atoms with Crippen LogP contribution in [-0.4, -0.2) is 49.9 Å². The maximum Gasteiger partial charge on any atom is 0.252 e. The summed E-state index contributed by atoms with van der Waals surface area (Å²) in [5.41, 5.74) is 1.97. The summed E-state index contributed by atoms with van der Waals surface area (Å²) in [5.74, 6) is 1.87. The first-order valence-electron chi connectivity index (χ1n) is 15.0. The summed E-state index contributed by atoms with van der Waals surface area (Å²) in [6.07, 6.45) is 4.06.